The van der Waals surface area contributed by atoms with Crippen LogP contribution in [0.25, 0.3) is 60.4 Å². The van der Waals surface area contributed by atoms with Gasteiger partial charge in [-0.25, -0.2) is 0 Å². The topological polar surface area (TPSA) is 57.4 Å². The van der Waals surface area contributed by atoms with E-state index in [4.69, 9.17) is 0 Å². The molecule has 0 aliphatic heterocycles. The fourth-order valence-electron chi connectivity index (χ4n) is 7.81. The minimum atomic E-state index is -0.0280. The molecule has 1 aliphatic carbocycles. The minimum Gasteiger partial charge on any atom is -0.332 e. The molecule has 0 saturated carbocycles. The van der Waals surface area contributed by atoms with Gasteiger partial charge in [0.1, 0.15) is 6.07 Å². The molecule has 2 atom stereocenters. The van der Waals surface area contributed by atoms with Crippen LogP contribution in [0, 0.1) is 22.7 Å². The summed E-state index contributed by atoms with van der Waals surface area (Å²) < 4.78 is 4.60. The van der Waals surface area contributed by atoms with Crippen LogP contribution in [0.1, 0.15) is 28.7 Å². The van der Waals surface area contributed by atoms with Crippen LogP contribution >= 0.6 is 0 Å². The zero-order valence-corrected chi connectivity index (χ0v) is 26.0. The molecule has 0 spiro atoms. The second kappa shape index (κ2) is 11.0. The van der Waals surface area contributed by atoms with Gasteiger partial charge in [0.05, 0.1) is 45.5 Å². The summed E-state index contributed by atoms with van der Waals surface area (Å²) >= 11 is 0. The maximum atomic E-state index is 10.6. The van der Waals surface area contributed by atoms with Gasteiger partial charge in [0, 0.05) is 33.0 Å². The zero-order chi connectivity index (χ0) is 32.2. The van der Waals surface area contributed by atoms with Crippen LogP contribution in [0.15, 0.2) is 158 Å². The number of nitriles is 2. The Morgan fingerprint density at radius 1 is 0.521 bits per heavy atom. The van der Waals surface area contributed by atoms with E-state index in [1.807, 2.05) is 24.3 Å². The van der Waals surface area contributed by atoms with Crippen molar-refractivity contribution in [1.29, 1.82) is 10.5 Å². The Morgan fingerprint density at radius 3 is 1.90 bits per heavy atom. The van der Waals surface area contributed by atoms with Gasteiger partial charge in [-0.1, -0.05) is 115 Å². The number of allylic oxidation sites excluding steroid dienone is 4. The van der Waals surface area contributed by atoms with Gasteiger partial charge in [0.15, 0.2) is 0 Å². The van der Waals surface area contributed by atoms with Crippen LogP contribution in [0.5, 0.6) is 0 Å². The highest BCUT2D eigenvalue weighted by Crippen LogP contribution is 2.44. The lowest BCUT2D eigenvalue weighted by Crippen LogP contribution is -2.17. The second-order valence-electron chi connectivity index (χ2n) is 12.3. The molecule has 0 bridgehead atoms. The fraction of sp³-hybridized carbons (Fsp3) is 0.0455. The molecule has 48 heavy (non-hydrogen) atoms. The van der Waals surface area contributed by atoms with Crippen molar-refractivity contribution in [2.45, 2.75) is 12.0 Å². The summed E-state index contributed by atoms with van der Waals surface area (Å²) in [5, 5.41) is 25.0. The van der Waals surface area contributed by atoms with Crippen molar-refractivity contribution < 1.29 is 0 Å². The Hall–Kier alpha value is -6.62. The lowest BCUT2D eigenvalue weighted by molar-refractivity contribution is 0.576. The Morgan fingerprint density at radius 2 is 1.15 bits per heavy atom. The Kier molecular flexibility index (Phi) is 6.35. The van der Waals surface area contributed by atoms with Crippen molar-refractivity contribution in [3.8, 4) is 29.0 Å². The van der Waals surface area contributed by atoms with E-state index in [9.17, 15) is 10.5 Å². The van der Waals surface area contributed by atoms with E-state index in [1.165, 1.54) is 16.3 Å². The molecule has 0 amide bonds. The zero-order valence-electron chi connectivity index (χ0n) is 26.0. The molecule has 2 unspecified atom stereocenters. The molecule has 6 aromatic carbocycles. The van der Waals surface area contributed by atoms with Gasteiger partial charge in [0.2, 0.25) is 0 Å². The van der Waals surface area contributed by atoms with E-state index in [2.05, 4.69) is 155 Å². The number of para-hydroxylation sites is 3. The van der Waals surface area contributed by atoms with Gasteiger partial charge in [-0.3, -0.25) is 0 Å². The average molecular weight is 613 g/mol. The first-order chi connectivity index (χ1) is 23.8. The van der Waals surface area contributed by atoms with Crippen molar-refractivity contribution in [1.82, 2.24) is 9.13 Å². The number of aromatic nitrogens is 2. The van der Waals surface area contributed by atoms with E-state index >= 15 is 0 Å². The van der Waals surface area contributed by atoms with Gasteiger partial charge in [-0.15, -0.1) is 0 Å². The molecular formula is C44H28N4. The van der Waals surface area contributed by atoms with Crippen LogP contribution in [0.2, 0.25) is 0 Å². The Bertz CT molecular complexity index is 2670. The molecule has 2 heterocycles. The predicted octanol–water partition coefficient (Wildman–Crippen LogP) is 10.8. The molecule has 0 N–H and O–H groups in total. The van der Waals surface area contributed by atoms with Gasteiger partial charge < -0.3 is 9.13 Å². The van der Waals surface area contributed by atoms with Crippen molar-refractivity contribution in [3.63, 3.8) is 0 Å². The molecule has 2 aromatic heterocycles. The summed E-state index contributed by atoms with van der Waals surface area (Å²) in [7, 11) is 0. The number of nitrogens with zero attached hydrogens (tertiary/aromatic N) is 4. The first-order valence-electron chi connectivity index (χ1n) is 16.2. The fourth-order valence-corrected chi connectivity index (χ4v) is 7.81. The lowest BCUT2D eigenvalue weighted by Gasteiger charge is -2.29. The highest BCUT2D eigenvalue weighted by molar-refractivity contribution is 6.11. The van der Waals surface area contributed by atoms with E-state index < -0.39 is 0 Å². The molecule has 224 valence electrons. The van der Waals surface area contributed by atoms with Crippen LogP contribution in [0.3, 0.4) is 0 Å². The largest absolute Gasteiger partial charge is 0.332 e. The number of hydrogen-bond donors (Lipinski definition) is 0. The van der Waals surface area contributed by atoms with Crippen molar-refractivity contribution in [3.05, 3.63) is 174 Å². The van der Waals surface area contributed by atoms with Crippen molar-refractivity contribution in [2.24, 2.45) is 0 Å². The summed E-state index contributed by atoms with van der Waals surface area (Å²) in [5.41, 5.74) is 9.76. The second-order valence-corrected chi connectivity index (χ2v) is 12.3. The molecule has 4 heteroatoms. The standard InChI is InChI=1S/C44H28N4/c45-27-30-12-11-23-43-44(30)37-18-6-10-22-42(37)48(43)39-19-7-3-15-34(39)33-14-2-1-13-32(33)29-24-25-38(31(26-29)28-46)47-40-20-8-4-16-35(40)36-17-5-9-21-41(36)47/h1-26,34,39H. The molecule has 0 saturated heterocycles. The number of rotatable bonds is 4. The van der Waals surface area contributed by atoms with Gasteiger partial charge >= 0.3 is 0 Å². The highest BCUT2D eigenvalue weighted by atomic mass is 15.0. The summed E-state index contributed by atoms with van der Waals surface area (Å²) in [5.74, 6) is 0.0125. The van der Waals surface area contributed by atoms with Crippen molar-refractivity contribution >= 4 is 43.6 Å². The first kappa shape index (κ1) is 27.7. The van der Waals surface area contributed by atoms with Crippen LogP contribution in [-0.4, -0.2) is 9.13 Å². The van der Waals surface area contributed by atoms with Crippen LogP contribution in [-0.2, 0) is 0 Å². The number of hydrogen-bond acceptors (Lipinski definition) is 2. The van der Waals surface area contributed by atoms with Gasteiger partial charge in [-0.05, 0) is 59.2 Å². The third-order valence-electron chi connectivity index (χ3n) is 9.83. The summed E-state index contributed by atoms with van der Waals surface area (Å²) in [6.07, 6.45) is 8.78. The molecule has 1 aliphatic rings. The molecular weight excluding hydrogens is 585 g/mol. The van der Waals surface area contributed by atoms with Crippen LogP contribution in [0.4, 0.5) is 0 Å². The van der Waals surface area contributed by atoms with E-state index in [1.54, 1.807) is 0 Å². The molecule has 9 rings (SSSR count). The number of fused-ring (bicyclic) bond motifs is 6. The minimum absolute atomic E-state index is 0.0125. The summed E-state index contributed by atoms with van der Waals surface area (Å²) in [4.78, 5) is 0. The summed E-state index contributed by atoms with van der Waals surface area (Å²) in [6.45, 7) is 0. The molecule has 8 aromatic rings. The van der Waals surface area contributed by atoms with Crippen LogP contribution < -0.4 is 0 Å². The third-order valence-corrected chi connectivity index (χ3v) is 9.83. The lowest BCUT2D eigenvalue weighted by atomic mass is 9.83. The Labute approximate surface area is 277 Å². The molecule has 0 radical (unpaired) electrons. The van der Waals surface area contributed by atoms with Gasteiger partial charge in [-0.2, -0.15) is 10.5 Å². The Balaban J connectivity index is 1.21. The smallest absolute Gasteiger partial charge is 0.101 e. The van der Waals surface area contributed by atoms with Gasteiger partial charge in [0.25, 0.3) is 0 Å². The monoisotopic (exact) mass is 612 g/mol. The van der Waals surface area contributed by atoms with E-state index in [0.717, 1.165) is 49.7 Å². The molecule has 4 nitrogen and oxygen atoms in total. The van der Waals surface area contributed by atoms with Crippen molar-refractivity contribution in [2.75, 3.05) is 0 Å². The SMILES string of the molecule is N#Cc1cc(-c2ccccc2C2C=CC=CC2n2c3ccccc3c3c(C#N)cccc32)ccc1-n1c2ccccc2c2ccccc21. The highest BCUT2D eigenvalue weighted by Gasteiger charge is 2.28. The molecule has 0 fully saturated rings. The first-order valence-corrected chi connectivity index (χ1v) is 16.2. The average Bonchev–Trinajstić information content (AvgIpc) is 3.67. The van der Waals surface area contributed by atoms with E-state index in [0.29, 0.717) is 11.1 Å². The third kappa shape index (κ3) is 4.07. The van der Waals surface area contributed by atoms with E-state index in [-0.39, 0.29) is 12.0 Å². The predicted molar refractivity (Wildman–Crippen MR) is 195 cm³/mol. The normalized spacial score (nSPS) is 15.7. The number of benzene rings is 6. The maximum absolute atomic E-state index is 10.6. The summed E-state index contributed by atoms with van der Waals surface area (Å²) in [6, 6.07) is 50.9. The quantitative estimate of drug-likeness (QED) is 0.199. The maximum Gasteiger partial charge on any atom is 0.101 e.